The van der Waals surface area contributed by atoms with E-state index < -0.39 is 0 Å². The van der Waals surface area contributed by atoms with Gasteiger partial charge in [0.25, 0.3) is 0 Å². The summed E-state index contributed by atoms with van der Waals surface area (Å²) in [6, 6.07) is 7.94. The summed E-state index contributed by atoms with van der Waals surface area (Å²) in [5.74, 6) is 0. The molecule has 0 N–H and O–H groups in total. The molecule has 1 heterocycles. The van der Waals surface area contributed by atoms with Crippen LogP contribution in [0.15, 0.2) is 57.0 Å². The zero-order valence-electron chi connectivity index (χ0n) is 10.6. The van der Waals surface area contributed by atoms with Crippen molar-refractivity contribution in [1.29, 1.82) is 0 Å². The second kappa shape index (κ2) is 6.63. The van der Waals surface area contributed by atoms with Crippen molar-refractivity contribution >= 4 is 33.5 Å². The fourth-order valence-electron chi connectivity index (χ4n) is 1.58. The van der Waals surface area contributed by atoms with Crippen LogP contribution in [0.3, 0.4) is 0 Å². The molecule has 2 rings (SSSR count). The van der Waals surface area contributed by atoms with E-state index in [2.05, 4.69) is 49.6 Å². The first-order chi connectivity index (χ1) is 9.20. The number of nitrogens with zero attached hydrogens (tertiary/aromatic N) is 3. The van der Waals surface area contributed by atoms with Gasteiger partial charge in [-0.05, 0) is 24.6 Å². The number of hydrogen-bond donors (Lipinski definition) is 0. The van der Waals surface area contributed by atoms with Crippen LogP contribution in [-0.4, -0.2) is 10.8 Å². The smallest absolute Gasteiger partial charge is 0.211 e. The third kappa shape index (κ3) is 3.75. The maximum absolute atomic E-state index is 4.26. The van der Waals surface area contributed by atoms with E-state index in [1.165, 1.54) is 5.69 Å². The molecule has 0 saturated heterocycles. The second-order valence-electron chi connectivity index (χ2n) is 3.96. The number of aryl methyl sites for hydroxylation is 1. The Kier molecular flexibility index (Phi) is 4.87. The molecule has 3 nitrogen and oxygen atoms in total. The van der Waals surface area contributed by atoms with Crippen LogP contribution in [0.2, 0.25) is 0 Å². The van der Waals surface area contributed by atoms with Crippen LogP contribution < -0.4 is 4.80 Å². The molecule has 0 saturated carbocycles. The molecule has 1 aromatic carbocycles. The van der Waals surface area contributed by atoms with Gasteiger partial charge in [-0.1, -0.05) is 34.1 Å². The molecule has 19 heavy (non-hydrogen) atoms. The highest BCUT2D eigenvalue weighted by atomic mass is 79.9. The first kappa shape index (κ1) is 14.0. The maximum atomic E-state index is 4.26. The molecular weight excluding hydrogens is 322 g/mol. The van der Waals surface area contributed by atoms with Crippen molar-refractivity contribution in [1.82, 2.24) is 4.57 Å². The first-order valence-electron chi connectivity index (χ1n) is 5.79. The van der Waals surface area contributed by atoms with Gasteiger partial charge < -0.3 is 4.57 Å². The standard InChI is InChI=1S/C14H14BrN3S/c1-3-7-18-11(2)10-19-14(18)17-16-9-12-5-4-6-13(15)8-12/h3-6,8-10H,1,7H2,2H3/b16-9-,17-14-. The molecule has 98 valence electrons. The lowest BCUT2D eigenvalue weighted by atomic mass is 10.2. The van der Waals surface area contributed by atoms with Crippen molar-refractivity contribution in [3.8, 4) is 0 Å². The lowest BCUT2D eigenvalue weighted by Crippen LogP contribution is -2.14. The fraction of sp³-hybridized carbons (Fsp3) is 0.143. The normalized spacial score (nSPS) is 12.2. The summed E-state index contributed by atoms with van der Waals surface area (Å²) in [7, 11) is 0. The Balaban J connectivity index is 2.25. The molecule has 1 aromatic heterocycles. The lowest BCUT2D eigenvalue weighted by molar-refractivity contribution is 0.752. The summed E-state index contributed by atoms with van der Waals surface area (Å²) in [5, 5.41) is 10.5. The van der Waals surface area contributed by atoms with Crippen molar-refractivity contribution in [2.75, 3.05) is 0 Å². The molecule has 0 amide bonds. The number of aromatic nitrogens is 1. The Labute approximate surface area is 124 Å². The van der Waals surface area contributed by atoms with E-state index in [0.29, 0.717) is 0 Å². The molecule has 0 fully saturated rings. The van der Waals surface area contributed by atoms with Crippen LogP contribution in [0, 0.1) is 6.92 Å². The predicted molar refractivity (Wildman–Crippen MR) is 84.5 cm³/mol. The molecule has 5 heteroatoms. The van der Waals surface area contributed by atoms with Crippen LogP contribution in [0.1, 0.15) is 11.3 Å². The van der Waals surface area contributed by atoms with Gasteiger partial charge in [-0.15, -0.1) is 23.0 Å². The Bertz CT molecular complexity index is 667. The van der Waals surface area contributed by atoms with E-state index in [0.717, 1.165) is 21.4 Å². The van der Waals surface area contributed by atoms with Gasteiger partial charge in [0.05, 0.1) is 6.21 Å². The molecular formula is C14H14BrN3S. The van der Waals surface area contributed by atoms with Crippen molar-refractivity contribution in [2.45, 2.75) is 13.5 Å². The highest BCUT2D eigenvalue weighted by molar-refractivity contribution is 9.10. The van der Waals surface area contributed by atoms with Crippen molar-refractivity contribution in [3.05, 3.63) is 62.8 Å². The van der Waals surface area contributed by atoms with Crippen LogP contribution in [0.4, 0.5) is 0 Å². The summed E-state index contributed by atoms with van der Waals surface area (Å²) < 4.78 is 3.11. The molecule has 0 unspecified atom stereocenters. The van der Waals surface area contributed by atoms with Crippen LogP contribution in [0.25, 0.3) is 0 Å². The van der Waals surface area contributed by atoms with Gasteiger partial charge >= 0.3 is 0 Å². The zero-order chi connectivity index (χ0) is 13.7. The number of hydrogen-bond acceptors (Lipinski definition) is 3. The van der Waals surface area contributed by atoms with E-state index in [1.807, 2.05) is 30.3 Å². The minimum Gasteiger partial charge on any atom is -0.316 e. The molecule has 0 atom stereocenters. The Morgan fingerprint density at radius 2 is 2.32 bits per heavy atom. The summed E-state index contributed by atoms with van der Waals surface area (Å²) in [6.07, 6.45) is 3.61. The number of allylic oxidation sites excluding steroid dienone is 1. The lowest BCUT2D eigenvalue weighted by Gasteiger charge is -1.99. The SMILES string of the molecule is C=CCn1c(C)cs/c1=N\N=C/c1cccc(Br)c1. The summed E-state index contributed by atoms with van der Waals surface area (Å²) in [6.45, 7) is 6.56. The number of benzene rings is 1. The topological polar surface area (TPSA) is 29.6 Å². The number of rotatable bonds is 4. The monoisotopic (exact) mass is 335 g/mol. The van der Waals surface area contributed by atoms with Crippen molar-refractivity contribution < 1.29 is 0 Å². The van der Waals surface area contributed by atoms with Crippen molar-refractivity contribution in [2.24, 2.45) is 10.2 Å². The molecule has 0 aliphatic heterocycles. The minimum atomic E-state index is 0.751. The van der Waals surface area contributed by atoms with Gasteiger partial charge in [-0.2, -0.15) is 5.10 Å². The Morgan fingerprint density at radius 1 is 1.47 bits per heavy atom. The maximum Gasteiger partial charge on any atom is 0.211 e. The van der Waals surface area contributed by atoms with E-state index >= 15 is 0 Å². The van der Waals surface area contributed by atoms with Crippen LogP contribution in [-0.2, 0) is 6.54 Å². The molecule has 0 aliphatic rings. The predicted octanol–water partition coefficient (Wildman–Crippen LogP) is 3.74. The average Bonchev–Trinajstić information content (AvgIpc) is 2.72. The third-order valence-corrected chi connectivity index (χ3v) is 3.97. The molecule has 0 aliphatic carbocycles. The van der Waals surface area contributed by atoms with E-state index in [9.17, 15) is 0 Å². The quantitative estimate of drug-likeness (QED) is 0.463. The second-order valence-corrected chi connectivity index (χ2v) is 5.71. The number of thiazole rings is 1. The largest absolute Gasteiger partial charge is 0.316 e. The molecule has 0 radical (unpaired) electrons. The van der Waals surface area contributed by atoms with E-state index in [1.54, 1.807) is 17.6 Å². The van der Waals surface area contributed by atoms with Gasteiger partial charge in [0, 0.05) is 22.1 Å². The Morgan fingerprint density at radius 3 is 3.05 bits per heavy atom. The van der Waals surface area contributed by atoms with Gasteiger partial charge in [0.2, 0.25) is 4.80 Å². The van der Waals surface area contributed by atoms with Crippen LogP contribution >= 0.6 is 27.3 Å². The number of halogens is 1. The minimum absolute atomic E-state index is 0.751. The fourth-order valence-corrected chi connectivity index (χ4v) is 2.84. The molecule has 0 bridgehead atoms. The van der Waals surface area contributed by atoms with Crippen LogP contribution in [0.5, 0.6) is 0 Å². The van der Waals surface area contributed by atoms with Crippen molar-refractivity contribution in [3.63, 3.8) is 0 Å². The highest BCUT2D eigenvalue weighted by Crippen LogP contribution is 2.09. The first-order valence-corrected chi connectivity index (χ1v) is 7.46. The van der Waals surface area contributed by atoms with Gasteiger partial charge in [-0.25, -0.2) is 0 Å². The Hall–Kier alpha value is -1.46. The van der Waals surface area contributed by atoms with E-state index in [4.69, 9.17) is 0 Å². The van der Waals surface area contributed by atoms with E-state index in [-0.39, 0.29) is 0 Å². The zero-order valence-corrected chi connectivity index (χ0v) is 13.0. The molecule has 2 aromatic rings. The summed E-state index contributed by atoms with van der Waals surface area (Å²) in [5.41, 5.74) is 2.18. The van der Waals surface area contributed by atoms with Gasteiger partial charge in [0.1, 0.15) is 0 Å². The van der Waals surface area contributed by atoms with Gasteiger partial charge in [0.15, 0.2) is 0 Å². The average molecular weight is 336 g/mol. The summed E-state index contributed by atoms with van der Waals surface area (Å²) >= 11 is 5.01. The molecule has 0 spiro atoms. The highest BCUT2D eigenvalue weighted by Gasteiger charge is 1.97. The summed E-state index contributed by atoms with van der Waals surface area (Å²) in [4.78, 5) is 0.878. The third-order valence-electron chi connectivity index (χ3n) is 2.50. The van der Waals surface area contributed by atoms with Gasteiger partial charge in [-0.3, -0.25) is 0 Å².